The van der Waals surface area contributed by atoms with Gasteiger partial charge in [0.2, 0.25) is 5.91 Å². The van der Waals surface area contributed by atoms with Gasteiger partial charge in [-0.15, -0.1) is 0 Å². The predicted octanol–water partition coefficient (Wildman–Crippen LogP) is 3.83. The normalized spacial score (nSPS) is 16.0. The van der Waals surface area contributed by atoms with Gasteiger partial charge in [-0.2, -0.15) is 0 Å². The summed E-state index contributed by atoms with van der Waals surface area (Å²) in [5, 5.41) is 4.26. The number of fused-ring (bicyclic) bond motifs is 2. The second-order valence-electron chi connectivity index (χ2n) is 6.67. The lowest BCUT2D eigenvalue weighted by molar-refractivity contribution is -0.121. The Morgan fingerprint density at radius 1 is 1.28 bits per heavy atom. The van der Waals surface area contributed by atoms with Gasteiger partial charge in [0.25, 0.3) is 0 Å². The number of carbonyl (C=O) groups excluding carboxylic acids is 1. The van der Waals surface area contributed by atoms with Crippen molar-refractivity contribution in [3.8, 4) is 5.75 Å². The first kappa shape index (κ1) is 15.8. The molecule has 1 heterocycles. The number of aryl methyl sites for hydroxylation is 2. The molecule has 1 aliphatic rings. The van der Waals surface area contributed by atoms with Crippen molar-refractivity contribution >= 4 is 16.8 Å². The van der Waals surface area contributed by atoms with E-state index in [1.165, 1.54) is 11.1 Å². The van der Waals surface area contributed by atoms with E-state index in [1.807, 2.05) is 31.2 Å². The van der Waals surface area contributed by atoms with Crippen LogP contribution in [0.3, 0.4) is 0 Å². The van der Waals surface area contributed by atoms with E-state index >= 15 is 0 Å². The third-order valence-electron chi connectivity index (χ3n) is 5.13. The largest absolute Gasteiger partial charge is 0.497 e. The van der Waals surface area contributed by atoms with Crippen molar-refractivity contribution in [1.82, 2.24) is 10.3 Å². The minimum atomic E-state index is 0.0634. The summed E-state index contributed by atoms with van der Waals surface area (Å²) in [4.78, 5) is 16.0. The maximum Gasteiger partial charge on any atom is 0.224 e. The van der Waals surface area contributed by atoms with E-state index in [0.717, 1.165) is 40.8 Å². The molecule has 1 aliphatic carbocycles. The number of hydrogen-bond acceptors (Lipinski definition) is 2. The Morgan fingerprint density at radius 2 is 2.12 bits per heavy atom. The van der Waals surface area contributed by atoms with E-state index < -0.39 is 0 Å². The molecule has 3 aromatic rings. The molecule has 0 bridgehead atoms. The topological polar surface area (TPSA) is 54.1 Å². The summed E-state index contributed by atoms with van der Waals surface area (Å²) in [5.74, 6) is 0.867. The van der Waals surface area contributed by atoms with Crippen LogP contribution in [-0.4, -0.2) is 18.0 Å². The first-order valence-corrected chi connectivity index (χ1v) is 8.68. The molecule has 0 aliphatic heterocycles. The highest BCUT2D eigenvalue weighted by Gasteiger charge is 2.24. The molecule has 0 saturated carbocycles. The van der Waals surface area contributed by atoms with E-state index in [1.54, 1.807) is 7.11 Å². The second kappa shape index (κ2) is 6.28. The lowest BCUT2D eigenvalue weighted by Crippen LogP contribution is -2.28. The monoisotopic (exact) mass is 334 g/mol. The van der Waals surface area contributed by atoms with Crippen LogP contribution in [0.5, 0.6) is 5.75 Å². The van der Waals surface area contributed by atoms with Gasteiger partial charge in [-0.3, -0.25) is 4.79 Å². The fourth-order valence-corrected chi connectivity index (χ4v) is 3.83. The van der Waals surface area contributed by atoms with Crippen LogP contribution in [0.4, 0.5) is 0 Å². The summed E-state index contributed by atoms with van der Waals surface area (Å²) in [5.41, 5.74) is 5.71. The quantitative estimate of drug-likeness (QED) is 0.762. The van der Waals surface area contributed by atoms with Crippen LogP contribution in [-0.2, 0) is 17.6 Å². The maximum absolute atomic E-state index is 12.7. The van der Waals surface area contributed by atoms with Gasteiger partial charge in [-0.05, 0) is 54.7 Å². The van der Waals surface area contributed by atoms with Gasteiger partial charge in [-0.1, -0.05) is 24.3 Å². The van der Waals surface area contributed by atoms with Crippen LogP contribution >= 0.6 is 0 Å². The number of H-pyrrole nitrogens is 1. The Kier molecular flexibility index (Phi) is 3.96. The van der Waals surface area contributed by atoms with E-state index in [-0.39, 0.29) is 11.9 Å². The predicted molar refractivity (Wildman–Crippen MR) is 98.9 cm³/mol. The van der Waals surface area contributed by atoms with Crippen LogP contribution in [0.1, 0.15) is 34.8 Å². The summed E-state index contributed by atoms with van der Waals surface area (Å²) >= 11 is 0. The fraction of sp³-hybridized carbons (Fsp3) is 0.286. The number of benzene rings is 2. The van der Waals surface area contributed by atoms with Gasteiger partial charge < -0.3 is 15.0 Å². The van der Waals surface area contributed by atoms with Crippen LogP contribution in [0.2, 0.25) is 0 Å². The molecule has 1 amide bonds. The standard InChI is InChI=1S/C21H22N2O2/c1-13-17(18-11-15(25-2)8-10-20(18)22-13)12-21(24)23-19-9-7-14-5-3-4-6-16(14)19/h3-6,8,10-11,19,22H,7,9,12H2,1-2H3,(H,23,24). The Bertz CT molecular complexity index is 942. The molecule has 25 heavy (non-hydrogen) atoms. The molecule has 1 aromatic heterocycles. The first-order chi connectivity index (χ1) is 12.2. The Balaban J connectivity index is 1.55. The number of aromatic nitrogens is 1. The summed E-state index contributed by atoms with van der Waals surface area (Å²) < 4.78 is 5.32. The van der Waals surface area contributed by atoms with Gasteiger partial charge in [0.1, 0.15) is 5.75 Å². The van der Waals surface area contributed by atoms with Gasteiger partial charge in [0, 0.05) is 16.6 Å². The number of amides is 1. The highest BCUT2D eigenvalue weighted by atomic mass is 16.5. The van der Waals surface area contributed by atoms with Crippen LogP contribution in [0, 0.1) is 6.92 Å². The van der Waals surface area contributed by atoms with Crippen molar-refractivity contribution in [3.63, 3.8) is 0 Å². The molecule has 0 radical (unpaired) electrons. The van der Waals surface area contributed by atoms with Gasteiger partial charge in [0.05, 0.1) is 19.6 Å². The van der Waals surface area contributed by atoms with E-state index in [4.69, 9.17) is 4.74 Å². The van der Waals surface area contributed by atoms with Crippen molar-refractivity contribution in [2.24, 2.45) is 0 Å². The lowest BCUT2D eigenvalue weighted by Gasteiger charge is -2.14. The summed E-state index contributed by atoms with van der Waals surface area (Å²) in [6.07, 6.45) is 2.38. The van der Waals surface area contributed by atoms with Crippen molar-refractivity contribution < 1.29 is 9.53 Å². The van der Waals surface area contributed by atoms with E-state index in [2.05, 4.69) is 28.5 Å². The zero-order valence-electron chi connectivity index (χ0n) is 14.6. The zero-order chi connectivity index (χ0) is 17.4. The lowest BCUT2D eigenvalue weighted by atomic mass is 10.1. The average Bonchev–Trinajstić information content (AvgIpc) is 3.16. The SMILES string of the molecule is COc1ccc2[nH]c(C)c(CC(=O)NC3CCc4ccccc43)c2c1. The Hall–Kier alpha value is -2.75. The minimum Gasteiger partial charge on any atom is -0.497 e. The highest BCUT2D eigenvalue weighted by molar-refractivity contribution is 5.91. The third-order valence-corrected chi connectivity index (χ3v) is 5.13. The number of carbonyl (C=O) groups is 1. The molecule has 0 fully saturated rings. The molecule has 0 saturated heterocycles. The first-order valence-electron chi connectivity index (χ1n) is 8.68. The van der Waals surface area contributed by atoms with Crippen molar-refractivity contribution in [2.75, 3.05) is 7.11 Å². The highest BCUT2D eigenvalue weighted by Crippen LogP contribution is 2.31. The molecule has 1 unspecified atom stereocenters. The molecule has 128 valence electrons. The number of hydrogen-bond donors (Lipinski definition) is 2. The van der Waals surface area contributed by atoms with Crippen molar-refractivity contribution in [2.45, 2.75) is 32.2 Å². The molecule has 1 atom stereocenters. The van der Waals surface area contributed by atoms with Crippen molar-refractivity contribution in [1.29, 1.82) is 0 Å². The summed E-state index contributed by atoms with van der Waals surface area (Å²) in [6, 6.07) is 14.4. The molecular weight excluding hydrogens is 312 g/mol. The number of aromatic amines is 1. The number of methoxy groups -OCH3 is 1. The smallest absolute Gasteiger partial charge is 0.224 e. The molecule has 4 heteroatoms. The molecule has 4 rings (SSSR count). The second-order valence-corrected chi connectivity index (χ2v) is 6.67. The van der Waals surface area contributed by atoms with E-state index in [0.29, 0.717) is 6.42 Å². The molecule has 2 N–H and O–H groups in total. The third kappa shape index (κ3) is 2.88. The number of nitrogens with one attached hydrogen (secondary N) is 2. The number of rotatable bonds is 4. The van der Waals surface area contributed by atoms with Crippen LogP contribution < -0.4 is 10.1 Å². The maximum atomic E-state index is 12.7. The molecular formula is C21H22N2O2. The van der Waals surface area contributed by atoms with Crippen LogP contribution in [0.15, 0.2) is 42.5 Å². The average molecular weight is 334 g/mol. The van der Waals surface area contributed by atoms with Crippen molar-refractivity contribution in [3.05, 3.63) is 64.8 Å². The van der Waals surface area contributed by atoms with Crippen LogP contribution in [0.25, 0.3) is 10.9 Å². The minimum absolute atomic E-state index is 0.0634. The summed E-state index contributed by atoms with van der Waals surface area (Å²) in [6.45, 7) is 2.01. The fourth-order valence-electron chi connectivity index (χ4n) is 3.83. The van der Waals surface area contributed by atoms with Gasteiger partial charge >= 0.3 is 0 Å². The van der Waals surface area contributed by atoms with Gasteiger partial charge in [0.15, 0.2) is 0 Å². The molecule has 4 nitrogen and oxygen atoms in total. The Morgan fingerprint density at radius 3 is 2.96 bits per heavy atom. The molecule has 2 aromatic carbocycles. The number of ether oxygens (including phenoxy) is 1. The summed E-state index contributed by atoms with van der Waals surface area (Å²) in [7, 11) is 1.66. The van der Waals surface area contributed by atoms with Gasteiger partial charge in [-0.25, -0.2) is 0 Å². The van der Waals surface area contributed by atoms with E-state index in [9.17, 15) is 4.79 Å². The Labute approximate surface area is 147 Å². The molecule has 0 spiro atoms. The zero-order valence-corrected chi connectivity index (χ0v) is 14.6.